The van der Waals surface area contributed by atoms with Crippen molar-refractivity contribution >= 4 is 17.7 Å². The van der Waals surface area contributed by atoms with Crippen molar-refractivity contribution < 1.29 is 23.9 Å². The van der Waals surface area contributed by atoms with Crippen LogP contribution in [0.4, 0.5) is 0 Å². The third-order valence-corrected chi connectivity index (χ3v) is 2.29. The van der Waals surface area contributed by atoms with Gasteiger partial charge in [-0.3, -0.25) is 4.79 Å². The second-order valence-electron chi connectivity index (χ2n) is 4.86. The normalized spacial score (nSPS) is 11.2. The molecule has 0 saturated carbocycles. The topological polar surface area (TPSA) is 69.7 Å². The van der Waals surface area contributed by atoms with E-state index in [1.165, 1.54) is 13.8 Å². The predicted octanol–water partition coefficient (Wildman–Crippen LogP) is 2.21. The van der Waals surface area contributed by atoms with E-state index < -0.39 is 11.9 Å². The molecule has 5 heteroatoms. The maximum atomic E-state index is 11.7. The maximum absolute atomic E-state index is 11.7. The van der Waals surface area contributed by atoms with Crippen molar-refractivity contribution in [3.05, 3.63) is 23.8 Å². The highest BCUT2D eigenvalue weighted by Gasteiger charge is 2.16. The maximum Gasteiger partial charge on any atom is 0.341 e. The molecule has 0 saturated heterocycles. The third kappa shape index (κ3) is 7.51. The standard InChI is InChI=1S/C15H22O5/c1-10(2)6-7-13(12(5)16)15(18)20-9-8-19-14(17)11(3)4/h7,10H,3,6,8-9H2,1-2,4-5H3. The van der Waals surface area contributed by atoms with Crippen LogP contribution >= 0.6 is 0 Å². The molecule has 0 fully saturated rings. The van der Waals surface area contributed by atoms with Gasteiger partial charge in [-0.2, -0.15) is 0 Å². The largest absolute Gasteiger partial charge is 0.459 e. The zero-order valence-corrected chi connectivity index (χ0v) is 12.5. The number of carbonyl (C=O) groups is 3. The molecule has 0 N–H and O–H groups in total. The van der Waals surface area contributed by atoms with Gasteiger partial charge in [0.05, 0.1) is 5.57 Å². The molecule has 0 atom stereocenters. The summed E-state index contributed by atoms with van der Waals surface area (Å²) in [5.41, 5.74) is 0.308. The van der Waals surface area contributed by atoms with E-state index >= 15 is 0 Å². The van der Waals surface area contributed by atoms with Crippen molar-refractivity contribution in [2.24, 2.45) is 5.92 Å². The number of carbonyl (C=O) groups excluding carboxylic acids is 3. The van der Waals surface area contributed by atoms with E-state index in [4.69, 9.17) is 9.47 Å². The number of allylic oxidation sites excluding steroid dienone is 1. The van der Waals surface area contributed by atoms with Crippen molar-refractivity contribution in [2.45, 2.75) is 34.1 Å². The molecule has 20 heavy (non-hydrogen) atoms. The van der Waals surface area contributed by atoms with Crippen LogP contribution in [-0.2, 0) is 23.9 Å². The van der Waals surface area contributed by atoms with Gasteiger partial charge in [0.25, 0.3) is 0 Å². The van der Waals surface area contributed by atoms with E-state index in [9.17, 15) is 14.4 Å². The molecule has 0 bridgehead atoms. The molecule has 0 aromatic carbocycles. The average Bonchev–Trinajstić information content (AvgIpc) is 2.33. The molecule has 0 amide bonds. The second kappa shape index (κ2) is 9.07. The van der Waals surface area contributed by atoms with Crippen LogP contribution in [0.3, 0.4) is 0 Å². The minimum atomic E-state index is -0.690. The van der Waals surface area contributed by atoms with Crippen LogP contribution in [0, 0.1) is 5.92 Å². The smallest absolute Gasteiger partial charge is 0.341 e. The highest BCUT2D eigenvalue weighted by atomic mass is 16.6. The molecule has 0 unspecified atom stereocenters. The number of hydrogen-bond donors (Lipinski definition) is 0. The number of ketones is 1. The first-order valence-electron chi connectivity index (χ1n) is 6.46. The zero-order chi connectivity index (χ0) is 15.7. The van der Waals surface area contributed by atoms with Gasteiger partial charge in [-0.15, -0.1) is 0 Å². The molecule has 0 radical (unpaired) electrons. The highest BCUT2D eigenvalue weighted by Crippen LogP contribution is 2.07. The number of Topliss-reactive ketones (excluding diaryl/α,β-unsaturated/α-hetero) is 1. The van der Waals surface area contributed by atoms with E-state index in [0.29, 0.717) is 12.3 Å². The van der Waals surface area contributed by atoms with Crippen LogP contribution in [0.5, 0.6) is 0 Å². The molecule has 5 nitrogen and oxygen atoms in total. The predicted molar refractivity (Wildman–Crippen MR) is 75.0 cm³/mol. The number of rotatable bonds is 8. The summed E-state index contributed by atoms with van der Waals surface area (Å²) in [5, 5.41) is 0. The van der Waals surface area contributed by atoms with Gasteiger partial charge in [0.15, 0.2) is 5.78 Å². The van der Waals surface area contributed by atoms with Crippen molar-refractivity contribution in [1.82, 2.24) is 0 Å². The molecule has 0 rings (SSSR count). The summed E-state index contributed by atoms with van der Waals surface area (Å²) in [6, 6.07) is 0. The highest BCUT2D eigenvalue weighted by molar-refractivity contribution is 6.16. The summed E-state index contributed by atoms with van der Waals surface area (Å²) in [7, 11) is 0. The lowest BCUT2D eigenvalue weighted by Crippen LogP contribution is -2.18. The van der Waals surface area contributed by atoms with Gasteiger partial charge >= 0.3 is 11.9 Å². The Kier molecular flexibility index (Phi) is 8.20. The molecular formula is C15H22O5. The zero-order valence-electron chi connectivity index (χ0n) is 12.5. The Bertz CT molecular complexity index is 418. The fraction of sp³-hybridized carbons (Fsp3) is 0.533. The SMILES string of the molecule is C=C(C)C(=O)OCCOC(=O)C(=CCC(C)C)C(C)=O. The number of hydrogen-bond acceptors (Lipinski definition) is 5. The second-order valence-corrected chi connectivity index (χ2v) is 4.86. The van der Waals surface area contributed by atoms with E-state index in [1.807, 2.05) is 13.8 Å². The molecule has 0 aliphatic rings. The van der Waals surface area contributed by atoms with Gasteiger partial charge < -0.3 is 9.47 Å². The van der Waals surface area contributed by atoms with Crippen molar-refractivity contribution in [3.63, 3.8) is 0 Å². The van der Waals surface area contributed by atoms with E-state index in [1.54, 1.807) is 6.08 Å². The fourth-order valence-electron chi connectivity index (χ4n) is 1.19. The van der Waals surface area contributed by atoms with Gasteiger partial charge in [0.2, 0.25) is 0 Å². The summed E-state index contributed by atoms with van der Waals surface area (Å²) >= 11 is 0. The molecule has 0 aliphatic heterocycles. The van der Waals surface area contributed by atoms with Crippen LogP contribution in [-0.4, -0.2) is 30.9 Å². The van der Waals surface area contributed by atoms with Crippen molar-refractivity contribution in [3.8, 4) is 0 Å². The molecule has 0 spiro atoms. The quantitative estimate of drug-likeness (QED) is 0.224. The van der Waals surface area contributed by atoms with Gasteiger partial charge in [-0.1, -0.05) is 26.5 Å². The lowest BCUT2D eigenvalue weighted by atomic mass is 10.1. The van der Waals surface area contributed by atoms with Crippen molar-refractivity contribution in [1.29, 1.82) is 0 Å². The first-order chi connectivity index (χ1) is 9.25. The van der Waals surface area contributed by atoms with Crippen LogP contribution in [0.25, 0.3) is 0 Å². The van der Waals surface area contributed by atoms with Crippen LogP contribution in [0.1, 0.15) is 34.1 Å². The summed E-state index contributed by atoms with van der Waals surface area (Å²) in [5.74, 6) is -1.23. The lowest BCUT2D eigenvalue weighted by Gasteiger charge is -2.08. The van der Waals surface area contributed by atoms with Crippen LogP contribution in [0.15, 0.2) is 23.8 Å². The Labute approximate surface area is 119 Å². The van der Waals surface area contributed by atoms with E-state index in [2.05, 4.69) is 6.58 Å². The lowest BCUT2D eigenvalue weighted by molar-refractivity contribution is -0.148. The van der Waals surface area contributed by atoms with Gasteiger partial charge in [-0.05, 0) is 26.2 Å². The minimum absolute atomic E-state index is 0.0323. The summed E-state index contributed by atoms with van der Waals surface area (Å²) < 4.78 is 9.67. The van der Waals surface area contributed by atoms with E-state index in [0.717, 1.165) is 0 Å². The summed E-state index contributed by atoms with van der Waals surface area (Å²) in [4.78, 5) is 34.1. The van der Waals surface area contributed by atoms with E-state index in [-0.39, 0.29) is 30.1 Å². The Balaban J connectivity index is 4.29. The molecular weight excluding hydrogens is 260 g/mol. The minimum Gasteiger partial charge on any atom is -0.459 e. The van der Waals surface area contributed by atoms with Crippen LogP contribution < -0.4 is 0 Å². The van der Waals surface area contributed by atoms with Gasteiger partial charge in [0, 0.05) is 5.57 Å². The fourth-order valence-corrected chi connectivity index (χ4v) is 1.19. The summed E-state index contributed by atoms with van der Waals surface area (Å²) in [6.07, 6.45) is 2.20. The molecule has 112 valence electrons. The molecule has 0 heterocycles. The number of ether oxygens (including phenoxy) is 2. The number of esters is 2. The Morgan fingerprint density at radius 1 is 1.05 bits per heavy atom. The van der Waals surface area contributed by atoms with Gasteiger partial charge in [-0.25, -0.2) is 9.59 Å². The van der Waals surface area contributed by atoms with Crippen molar-refractivity contribution in [2.75, 3.05) is 13.2 Å². The third-order valence-electron chi connectivity index (χ3n) is 2.29. The molecule has 0 aromatic rings. The Morgan fingerprint density at radius 3 is 1.95 bits per heavy atom. The Hall–Kier alpha value is -1.91. The summed E-state index contributed by atoms with van der Waals surface area (Å²) in [6.45, 7) is 10.1. The first kappa shape index (κ1) is 18.1. The Morgan fingerprint density at radius 2 is 1.55 bits per heavy atom. The monoisotopic (exact) mass is 282 g/mol. The first-order valence-corrected chi connectivity index (χ1v) is 6.46. The van der Waals surface area contributed by atoms with Gasteiger partial charge in [0.1, 0.15) is 13.2 Å². The molecule has 0 aliphatic carbocycles. The van der Waals surface area contributed by atoms with Crippen LogP contribution in [0.2, 0.25) is 0 Å². The average molecular weight is 282 g/mol. The molecule has 0 aromatic heterocycles.